The number of amides is 3. The molecule has 25 heavy (non-hydrogen) atoms. The van der Waals surface area contributed by atoms with E-state index in [-0.39, 0.29) is 24.5 Å². The largest absolute Gasteiger partial charge is 0.365 e. The van der Waals surface area contributed by atoms with Crippen LogP contribution in [-0.4, -0.2) is 36.0 Å². The van der Waals surface area contributed by atoms with Crippen LogP contribution in [0, 0.1) is 0 Å². The smallest absolute Gasteiger partial charge is 0.320 e. The molecule has 2 heterocycles. The van der Waals surface area contributed by atoms with Crippen LogP contribution in [0.1, 0.15) is 59.8 Å². The predicted molar refractivity (Wildman–Crippen MR) is 104 cm³/mol. The van der Waals surface area contributed by atoms with Crippen molar-refractivity contribution in [3.05, 3.63) is 16.0 Å². The molecule has 3 rings (SSSR count). The predicted octanol–water partition coefficient (Wildman–Crippen LogP) is 3.10. The third-order valence-corrected chi connectivity index (χ3v) is 6.13. The maximum Gasteiger partial charge on any atom is 0.320 e. The second-order valence-corrected chi connectivity index (χ2v) is 7.73. The van der Waals surface area contributed by atoms with Crippen LogP contribution in [0.2, 0.25) is 0 Å². The number of rotatable bonds is 4. The van der Waals surface area contributed by atoms with Gasteiger partial charge >= 0.3 is 6.03 Å². The van der Waals surface area contributed by atoms with Gasteiger partial charge < -0.3 is 11.1 Å². The van der Waals surface area contributed by atoms with Crippen molar-refractivity contribution in [2.75, 3.05) is 18.4 Å². The first-order valence-corrected chi connectivity index (χ1v) is 9.64. The van der Waals surface area contributed by atoms with Gasteiger partial charge in [-0.25, -0.2) is 4.79 Å². The summed E-state index contributed by atoms with van der Waals surface area (Å²) in [4.78, 5) is 27.7. The molecule has 8 heteroatoms. The van der Waals surface area contributed by atoms with Gasteiger partial charge in [0.15, 0.2) is 0 Å². The second kappa shape index (κ2) is 8.87. The Bertz CT molecular complexity index is 628. The SMILES string of the molecule is CCN1CCc2c(sc(NC(=O)NC3CCCCC3)c2C(N)=O)C1.Cl. The van der Waals surface area contributed by atoms with E-state index in [0.717, 1.165) is 62.2 Å². The summed E-state index contributed by atoms with van der Waals surface area (Å²) in [6.45, 7) is 4.86. The Morgan fingerprint density at radius 3 is 2.64 bits per heavy atom. The van der Waals surface area contributed by atoms with Gasteiger partial charge in [0.05, 0.1) is 5.56 Å². The number of carbonyl (C=O) groups is 2. The molecular weight excluding hydrogens is 360 g/mol. The van der Waals surface area contributed by atoms with Gasteiger partial charge in [0.1, 0.15) is 5.00 Å². The molecule has 6 nitrogen and oxygen atoms in total. The number of anilines is 1. The molecule has 1 fully saturated rings. The van der Waals surface area contributed by atoms with Crippen molar-refractivity contribution < 1.29 is 9.59 Å². The van der Waals surface area contributed by atoms with E-state index in [2.05, 4.69) is 22.5 Å². The number of hydrogen-bond acceptors (Lipinski definition) is 4. The number of urea groups is 1. The Balaban J connectivity index is 0.00000225. The van der Waals surface area contributed by atoms with Crippen LogP contribution in [0.4, 0.5) is 9.80 Å². The molecule has 0 spiro atoms. The highest BCUT2D eigenvalue weighted by atomic mass is 35.5. The first-order valence-electron chi connectivity index (χ1n) is 8.82. The lowest BCUT2D eigenvalue weighted by atomic mass is 9.96. The average molecular weight is 387 g/mol. The van der Waals surface area contributed by atoms with Gasteiger partial charge in [-0.15, -0.1) is 23.7 Å². The van der Waals surface area contributed by atoms with E-state index >= 15 is 0 Å². The quantitative estimate of drug-likeness (QED) is 0.742. The van der Waals surface area contributed by atoms with Crippen molar-refractivity contribution >= 4 is 40.7 Å². The van der Waals surface area contributed by atoms with Crippen LogP contribution in [0.3, 0.4) is 0 Å². The summed E-state index contributed by atoms with van der Waals surface area (Å²) >= 11 is 1.49. The molecule has 0 saturated heterocycles. The van der Waals surface area contributed by atoms with Gasteiger partial charge in [-0.3, -0.25) is 15.0 Å². The third kappa shape index (κ3) is 4.65. The number of thiophene rings is 1. The summed E-state index contributed by atoms with van der Waals surface area (Å²) in [5.41, 5.74) is 7.12. The minimum absolute atomic E-state index is 0. The fourth-order valence-electron chi connectivity index (χ4n) is 3.65. The minimum Gasteiger partial charge on any atom is -0.365 e. The maximum absolute atomic E-state index is 12.3. The molecule has 2 aliphatic rings. The number of hydrogen-bond donors (Lipinski definition) is 3. The molecule has 140 valence electrons. The van der Waals surface area contributed by atoms with E-state index in [9.17, 15) is 9.59 Å². The van der Waals surface area contributed by atoms with E-state index in [1.54, 1.807) is 0 Å². The van der Waals surface area contributed by atoms with Crippen LogP contribution in [0.5, 0.6) is 0 Å². The summed E-state index contributed by atoms with van der Waals surface area (Å²) in [6.07, 6.45) is 6.45. The fraction of sp³-hybridized carbons (Fsp3) is 0.647. The number of halogens is 1. The standard InChI is InChI=1S/C17H26N4O2S.ClH/c1-2-21-9-8-12-13(10-21)24-16(14(12)15(18)22)20-17(23)19-11-6-4-3-5-7-11;/h11H,2-10H2,1H3,(H2,18,22)(H2,19,20,23);1H. The van der Waals surface area contributed by atoms with Crippen molar-refractivity contribution in [1.82, 2.24) is 10.2 Å². The Kier molecular flexibility index (Phi) is 7.10. The average Bonchev–Trinajstić information content (AvgIpc) is 2.92. The van der Waals surface area contributed by atoms with Crippen molar-refractivity contribution in [2.45, 2.75) is 58.0 Å². The topological polar surface area (TPSA) is 87.5 Å². The molecule has 0 radical (unpaired) electrons. The molecule has 1 saturated carbocycles. The molecule has 0 atom stereocenters. The number of nitrogens with zero attached hydrogens (tertiary/aromatic N) is 1. The minimum atomic E-state index is -0.453. The highest BCUT2D eigenvalue weighted by Gasteiger charge is 2.27. The van der Waals surface area contributed by atoms with Crippen molar-refractivity contribution in [1.29, 1.82) is 0 Å². The van der Waals surface area contributed by atoms with Crippen LogP contribution in [0.25, 0.3) is 0 Å². The van der Waals surface area contributed by atoms with E-state index in [1.165, 1.54) is 17.8 Å². The monoisotopic (exact) mass is 386 g/mol. The number of carbonyl (C=O) groups excluding carboxylic acids is 2. The highest BCUT2D eigenvalue weighted by molar-refractivity contribution is 7.17. The van der Waals surface area contributed by atoms with Crippen LogP contribution in [-0.2, 0) is 13.0 Å². The van der Waals surface area contributed by atoms with Gasteiger partial charge in [0.25, 0.3) is 5.91 Å². The summed E-state index contributed by atoms with van der Waals surface area (Å²) in [6, 6.07) is 0.0105. The summed E-state index contributed by atoms with van der Waals surface area (Å²) in [5.74, 6) is -0.453. The van der Waals surface area contributed by atoms with Crippen molar-refractivity contribution in [3.63, 3.8) is 0 Å². The zero-order valence-electron chi connectivity index (χ0n) is 14.6. The Labute approximate surface area is 158 Å². The van der Waals surface area contributed by atoms with E-state index < -0.39 is 5.91 Å². The first kappa shape index (κ1) is 20.0. The molecule has 1 aliphatic heterocycles. The number of likely N-dealkylation sites (N-methyl/N-ethyl adjacent to an activating group) is 1. The van der Waals surface area contributed by atoms with Crippen LogP contribution < -0.4 is 16.4 Å². The van der Waals surface area contributed by atoms with Gasteiger partial charge in [-0.1, -0.05) is 26.2 Å². The lowest BCUT2D eigenvalue weighted by Gasteiger charge is -2.25. The Morgan fingerprint density at radius 1 is 1.28 bits per heavy atom. The molecule has 4 N–H and O–H groups in total. The summed E-state index contributed by atoms with van der Waals surface area (Å²) in [5, 5.41) is 6.50. The number of nitrogens with two attached hydrogens (primary N) is 1. The van der Waals surface area contributed by atoms with Crippen molar-refractivity contribution in [2.24, 2.45) is 5.73 Å². The lowest BCUT2D eigenvalue weighted by molar-refractivity contribution is 0.1000. The molecule has 0 unspecified atom stereocenters. The van der Waals surface area contributed by atoms with Crippen molar-refractivity contribution in [3.8, 4) is 0 Å². The van der Waals surface area contributed by atoms with E-state index in [4.69, 9.17) is 5.73 Å². The molecule has 3 amide bonds. The van der Waals surface area contributed by atoms with E-state index in [0.29, 0.717) is 10.6 Å². The fourth-order valence-corrected chi connectivity index (χ4v) is 4.94. The van der Waals surface area contributed by atoms with E-state index in [1.807, 2.05) is 0 Å². The Hall–Kier alpha value is -1.31. The van der Waals surface area contributed by atoms with Gasteiger partial charge in [-0.05, 0) is 31.4 Å². The third-order valence-electron chi connectivity index (χ3n) is 5.00. The Morgan fingerprint density at radius 2 is 2.00 bits per heavy atom. The van der Waals surface area contributed by atoms with Gasteiger partial charge in [-0.2, -0.15) is 0 Å². The summed E-state index contributed by atoms with van der Waals surface area (Å²) < 4.78 is 0. The molecule has 0 aromatic carbocycles. The first-order chi connectivity index (χ1) is 11.6. The molecule has 1 aliphatic carbocycles. The number of fused-ring (bicyclic) bond motifs is 1. The zero-order valence-corrected chi connectivity index (χ0v) is 16.2. The summed E-state index contributed by atoms with van der Waals surface area (Å²) in [7, 11) is 0. The van der Waals surface area contributed by atoms with Crippen LogP contribution >= 0.6 is 23.7 Å². The maximum atomic E-state index is 12.3. The second-order valence-electron chi connectivity index (χ2n) is 6.62. The number of primary amides is 1. The van der Waals surface area contributed by atoms with Crippen LogP contribution in [0.15, 0.2) is 0 Å². The normalized spacial score (nSPS) is 18.1. The molecule has 1 aromatic rings. The van der Waals surface area contributed by atoms with Gasteiger partial charge in [0, 0.05) is 24.0 Å². The molecular formula is C17H27ClN4O2S. The highest BCUT2D eigenvalue weighted by Crippen LogP contribution is 2.36. The molecule has 1 aromatic heterocycles. The lowest BCUT2D eigenvalue weighted by Crippen LogP contribution is -2.39. The number of nitrogens with one attached hydrogen (secondary N) is 2. The zero-order chi connectivity index (χ0) is 17.1. The molecule has 0 bridgehead atoms. The van der Waals surface area contributed by atoms with Gasteiger partial charge in [0.2, 0.25) is 0 Å².